The zero-order chi connectivity index (χ0) is 20.5. The second kappa shape index (κ2) is 7.69. The summed E-state index contributed by atoms with van der Waals surface area (Å²) in [5.74, 6) is 1.46. The van der Waals surface area contributed by atoms with Crippen molar-refractivity contribution in [3.63, 3.8) is 0 Å². The van der Waals surface area contributed by atoms with Gasteiger partial charge in [-0.1, -0.05) is 0 Å². The molecule has 148 valence electrons. The predicted octanol–water partition coefficient (Wildman–Crippen LogP) is 3.42. The minimum atomic E-state index is -3.93. The van der Waals surface area contributed by atoms with E-state index in [1.807, 2.05) is 0 Å². The maximum absolute atomic E-state index is 12.9. The van der Waals surface area contributed by atoms with Gasteiger partial charge in [-0.2, -0.15) is 4.98 Å². The van der Waals surface area contributed by atoms with Crippen LogP contribution in [-0.2, 0) is 10.0 Å². The Bertz CT molecular complexity index is 1150. The van der Waals surface area contributed by atoms with Gasteiger partial charge < -0.3 is 14.2 Å². The molecule has 3 aromatic rings. The van der Waals surface area contributed by atoms with E-state index in [1.54, 1.807) is 25.1 Å². The molecule has 8 nitrogen and oxygen atoms in total. The normalized spacial score (nSPS) is 11.3. The number of ether oxygens (including phenoxy) is 3. The third-order valence-electron chi connectivity index (χ3n) is 4.08. The van der Waals surface area contributed by atoms with Crippen LogP contribution in [0.15, 0.2) is 35.2 Å². The first-order valence-electron chi connectivity index (χ1n) is 8.05. The molecule has 28 heavy (non-hydrogen) atoms. The highest BCUT2D eigenvalue weighted by atomic mass is 35.5. The number of anilines is 1. The highest BCUT2D eigenvalue weighted by molar-refractivity contribution is 7.92. The molecule has 2 aromatic carbocycles. The van der Waals surface area contributed by atoms with Crippen LogP contribution >= 0.6 is 11.6 Å². The molecule has 0 aliphatic heterocycles. The van der Waals surface area contributed by atoms with Gasteiger partial charge in [0.05, 0.1) is 31.7 Å². The molecule has 0 radical (unpaired) electrons. The molecule has 0 spiro atoms. The SMILES string of the molecule is COc1ccc(S(=O)(=O)Nc2nc(Cl)nc3cc(OC)c(OC)cc23)cc1C. The molecule has 1 heterocycles. The van der Waals surface area contributed by atoms with Gasteiger partial charge in [0.2, 0.25) is 5.28 Å². The Morgan fingerprint density at radius 3 is 2.18 bits per heavy atom. The number of sulfonamides is 1. The maximum Gasteiger partial charge on any atom is 0.263 e. The van der Waals surface area contributed by atoms with Crippen LogP contribution in [0.25, 0.3) is 10.9 Å². The van der Waals surface area contributed by atoms with Crippen molar-refractivity contribution in [3.05, 3.63) is 41.2 Å². The highest BCUT2D eigenvalue weighted by Crippen LogP contribution is 2.35. The Labute approximate surface area is 167 Å². The van der Waals surface area contributed by atoms with Gasteiger partial charge in [-0.25, -0.2) is 13.4 Å². The van der Waals surface area contributed by atoms with Crippen LogP contribution < -0.4 is 18.9 Å². The topological polar surface area (TPSA) is 99.6 Å². The number of aryl methyl sites for hydroxylation is 1. The fourth-order valence-corrected chi connectivity index (χ4v) is 3.99. The molecule has 0 fully saturated rings. The van der Waals surface area contributed by atoms with Crippen molar-refractivity contribution in [2.24, 2.45) is 0 Å². The van der Waals surface area contributed by atoms with Gasteiger partial charge >= 0.3 is 0 Å². The molecule has 0 bridgehead atoms. The number of rotatable bonds is 6. The second-order valence-electron chi connectivity index (χ2n) is 5.80. The van der Waals surface area contributed by atoms with E-state index in [0.29, 0.717) is 33.7 Å². The van der Waals surface area contributed by atoms with Crippen molar-refractivity contribution < 1.29 is 22.6 Å². The molecular weight excluding hydrogens is 406 g/mol. The number of nitrogens with zero attached hydrogens (tertiary/aromatic N) is 2. The Morgan fingerprint density at radius 2 is 1.57 bits per heavy atom. The Hall–Kier alpha value is -2.78. The number of benzene rings is 2. The summed E-state index contributed by atoms with van der Waals surface area (Å²) in [4.78, 5) is 8.23. The van der Waals surface area contributed by atoms with Crippen molar-refractivity contribution in [2.75, 3.05) is 26.1 Å². The van der Waals surface area contributed by atoms with E-state index in [-0.39, 0.29) is 16.0 Å². The first-order valence-corrected chi connectivity index (χ1v) is 9.92. The minimum Gasteiger partial charge on any atom is -0.496 e. The summed E-state index contributed by atoms with van der Waals surface area (Å²) >= 11 is 5.99. The monoisotopic (exact) mass is 423 g/mol. The predicted molar refractivity (Wildman–Crippen MR) is 106 cm³/mol. The van der Waals surface area contributed by atoms with E-state index >= 15 is 0 Å². The lowest BCUT2D eigenvalue weighted by Crippen LogP contribution is -2.15. The number of fused-ring (bicyclic) bond motifs is 1. The lowest BCUT2D eigenvalue weighted by atomic mass is 10.2. The number of hydrogen-bond donors (Lipinski definition) is 1. The average Bonchev–Trinajstić information content (AvgIpc) is 2.66. The van der Waals surface area contributed by atoms with Gasteiger partial charge in [-0.15, -0.1) is 0 Å². The minimum absolute atomic E-state index is 0.0319. The summed E-state index contributed by atoms with van der Waals surface area (Å²) in [7, 11) is 0.553. The summed E-state index contributed by atoms with van der Waals surface area (Å²) in [5.41, 5.74) is 1.09. The van der Waals surface area contributed by atoms with Crippen molar-refractivity contribution in [1.82, 2.24) is 9.97 Å². The zero-order valence-electron chi connectivity index (χ0n) is 15.6. The zero-order valence-corrected chi connectivity index (χ0v) is 17.2. The lowest BCUT2D eigenvalue weighted by molar-refractivity contribution is 0.356. The van der Waals surface area contributed by atoms with Crippen molar-refractivity contribution >= 4 is 38.3 Å². The molecule has 0 atom stereocenters. The number of halogens is 1. The molecule has 1 N–H and O–H groups in total. The van der Waals surface area contributed by atoms with Crippen molar-refractivity contribution in [1.29, 1.82) is 0 Å². The first-order chi connectivity index (χ1) is 13.3. The summed E-state index contributed by atoms with van der Waals surface area (Å²) in [6, 6.07) is 7.72. The van der Waals surface area contributed by atoms with E-state index in [0.717, 1.165) is 0 Å². The van der Waals surface area contributed by atoms with Crippen LogP contribution in [0.1, 0.15) is 5.56 Å². The van der Waals surface area contributed by atoms with Crippen molar-refractivity contribution in [2.45, 2.75) is 11.8 Å². The van der Waals surface area contributed by atoms with E-state index in [4.69, 9.17) is 25.8 Å². The Kier molecular flexibility index (Phi) is 5.48. The molecule has 0 saturated carbocycles. The maximum atomic E-state index is 12.9. The van der Waals surface area contributed by atoms with Crippen LogP contribution in [0.5, 0.6) is 17.2 Å². The Balaban J connectivity index is 2.11. The van der Waals surface area contributed by atoms with Gasteiger partial charge in [0.15, 0.2) is 17.3 Å². The average molecular weight is 424 g/mol. The second-order valence-corrected chi connectivity index (χ2v) is 7.82. The first kappa shape index (κ1) is 20.0. The van der Waals surface area contributed by atoms with Gasteiger partial charge in [-0.05, 0) is 48.4 Å². The van der Waals surface area contributed by atoms with Gasteiger partial charge in [0.25, 0.3) is 10.0 Å². The van der Waals surface area contributed by atoms with Crippen LogP contribution in [0.4, 0.5) is 5.82 Å². The quantitative estimate of drug-likeness (QED) is 0.606. The van der Waals surface area contributed by atoms with E-state index in [9.17, 15) is 8.42 Å². The number of hydrogen-bond acceptors (Lipinski definition) is 7. The van der Waals surface area contributed by atoms with Crippen LogP contribution in [0.3, 0.4) is 0 Å². The van der Waals surface area contributed by atoms with E-state index in [2.05, 4.69) is 14.7 Å². The fraction of sp³-hybridized carbons (Fsp3) is 0.222. The van der Waals surface area contributed by atoms with E-state index < -0.39 is 10.0 Å². The molecule has 1 aromatic heterocycles. The van der Waals surface area contributed by atoms with E-state index in [1.165, 1.54) is 33.5 Å². The smallest absolute Gasteiger partial charge is 0.263 e. The van der Waals surface area contributed by atoms with Crippen molar-refractivity contribution in [3.8, 4) is 17.2 Å². The third-order valence-corrected chi connectivity index (χ3v) is 5.59. The van der Waals surface area contributed by atoms with Crippen LogP contribution in [0, 0.1) is 6.92 Å². The summed E-state index contributed by atoms with van der Waals surface area (Å²) in [6.45, 7) is 1.76. The molecule has 0 saturated heterocycles. The molecular formula is C18H18ClN3O5S. The van der Waals surface area contributed by atoms with Gasteiger partial charge in [-0.3, -0.25) is 4.72 Å². The molecule has 0 aliphatic carbocycles. The summed E-state index contributed by atoms with van der Waals surface area (Å²) < 4.78 is 43.9. The highest BCUT2D eigenvalue weighted by Gasteiger charge is 2.20. The molecule has 0 aliphatic rings. The summed E-state index contributed by atoms with van der Waals surface area (Å²) in [6.07, 6.45) is 0. The van der Waals surface area contributed by atoms with Crippen LogP contribution in [-0.4, -0.2) is 39.7 Å². The molecule has 10 heteroatoms. The van der Waals surface area contributed by atoms with Gasteiger partial charge in [0.1, 0.15) is 5.75 Å². The third kappa shape index (κ3) is 3.76. The summed E-state index contributed by atoms with van der Waals surface area (Å²) in [5, 5.41) is 0.305. The van der Waals surface area contributed by atoms with Crippen LogP contribution in [0.2, 0.25) is 5.28 Å². The molecule has 0 unspecified atom stereocenters. The standard InChI is InChI=1S/C18H18ClN3O5S/c1-10-7-11(5-6-14(10)25-2)28(23,24)22-17-12-8-15(26-3)16(27-4)9-13(12)20-18(19)21-17/h5-9H,1-4H3,(H,20,21,22). The van der Waals surface area contributed by atoms with Gasteiger partial charge in [0, 0.05) is 11.5 Å². The lowest BCUT2D eigenvalue weighted by Gasteiger charge is -2.13. The molecule has 0 amide bonds. The number of nitrogens with one attached hydrogen (secondary N) is 1. The Morgan fingerprint density at radius 1 is 0.929 bits per heavy atom. The molecule has 3 rings (SSSR count). The number of methoxy groups -OCH3 is 3. The largest absolute Gasteiger partial charge is 0.496 e. The fourth-order valence-electron chi connectivity index (χ4n) is 2.71. The number of aromatic nitrogens is 2.